The van der Waals surface area contributed by atoms with Crippen LogP contribution in [0.5, 0.6) is 0 Å². The van der Waals surface area contributed by atoms with Crippen LogP contribution in [0.2, 0.25) is 0 Å². The Kier molecular flexibility index (Phi) is 6.87. The summed E-state index contributed by atoms with van der Waals surface area (Å²) in [4.78, 5) is 45.9. The quantitative estimate of drug-likeness (QED) is 0.426. The highest BCUT2D eigenvalue weighted by atomic mass is 19.4. The Morgan fingerprint density at radius 2 is 1.86 bits per heavy atom. The van der Waals surface area contributed by atoms with Gasteiger partial charge in [-0.1, -0.05) is 0 Å². The molecule has 0 aromatic carbocycles. The van der Waals surface area contributed by atoms with Crippen LogP contribution in [0.15, 0.2) is 72.0 Å². The second kappa shape index (κ2) is 10.0. The number of rotatable bonds is 6. The number of carbonyl (C=O) groups excluding carboxylic acids is 2. The van der Waals surface area contributed by atoms with E-state index in [-0.39, 0.29) is 35.2 Å². The monoisotopic (exact) mass is 511 g/mol. The Bertz CT molecular complexity index is 1490. The molecule has 0 saturated carbocycles. The van der Waals surface area contributed by atoms with E-state index in [2.05, 4.69) is 20.4 Å². The molecule has 0 bridgehead atoms. The molecule has 190 valence electrons. The molecule has 0 fully saturated rings. The molecule has 10 nitrogen and oxygen atoms in total. The molecule has 0 spiro atoms. The van der Waals surface area contributed by atoms with Crippen LogP contribution in [-0.4, -0.2) is 55.1 Å². The number of carbonyl (C=O) groups is 2. The van der Waals surface area contributed by atoms with Gasteiger partial charge in [0.1, 0.15) is 6.54 Å². The van der Waals surface area contributed by atoms with Gasteiger partial charge in [-0.05, 0) is 36.4 Å². The Morgan fingerprint density at radius 1 is 1.08 bits per heavy atom. The average molecular weight is 511 g/mol. The summed E-state index contributed by atoms with van der Waals surface area (Å²) < 4.78 is 42.8. The molecule has 0 aliphatic rings. The number of anilines is 1. The van der Waals surface area contributed by atoms with E-state index < -0.39 is 23.3 Å². The number of likely N-dealkylation sites (N-methyl/N-ethyl adjacent to an activating group) is 1. The maximum Gasteiger partial charge on any atom is 0.433 e. The molecule has 0 aliphatic carbocycles. The van der Waals surface area contributed by atoms with Crippen LogP contribution in [0.4, 0.5) is 18.9 Å². The highest BCUT2D eigenvalue weighted by Crippen LogP contribution is 2.33. The van der Waals surface area contributed by atoms with Gasteiger partial charge in [0.25, 0.3) is 11.5 Å². The molecule has 13 heteroatoms. The van der Waals surface area contributed by atoms with Gasteiger partial charge in [-0.2, -0.15) is 18.3 Å². The summed E-state index contributed by atoms with van der Waals surface area (Å²) in [5.74, 6) is -1.05. The molecule has 0 atom stereocenters. The number of nitrogens with one attached hydrogen (secondary N) is 1. The molecule has 4 rings (SSSR count). The molecule has 4 aromatic rings. The number of aromatic nitrogens is 5. The maximum absolute atomic E-state index is 13.7. The van der Waals surface area contributed by atoms with E-state index in [0.717, 1.165) is 16.7 Å². The van der Waals surface area contributed by atoms with Crippen LogP contribution >= 0.6 is 0 Å². The van der Waals surface area contributed by atoms with E-state index in [1.165, 1.54) is 47.9 Å². The van der Waals surface area contributed by atoms with Crippen LogP contribution in [0, 0.1) is 0 Å². The summed E-state index contributed by atoms with van der Waals surface area (Å²) in [7, 11) is 3.09. The molecule has 0 aliphatic heterocycles. The molecular weight excluding hydrogens is 491 g/mol. The van der Waals surface area contributed by atoms with E-state index >= 15 is 0 Å². The van der Waals surface area contributed by atoms with Crippen molar-refractivity contribution in [3.8, 4) is 17.1 Å². The van der Waals surface area contributed by atoms with Crippen molar-refractivity contribution in [2.75, 3.05) is 19.4 Å². The molecule has 37 heavy (non-hydrogen) atoms. The van der Waals surface area contributed by atoms with Crippen LogP contribution < -0.4 is 10.9 Å². The highest BCUT2D eigenvalue weighted by Gasteiger charge is 2.36. The van der Waals surface area contributed by atoms with Gasteiger partial charge < -0.3 is 14.8 Å². The lowest BCUT2D eigenvalue weighted by atomic mass is 10.2. The first-order chi connectivity index (χ1) is 17.5. The standard InChI is InChI=1S/C24H20F3N7O3/c1-32(2)22(36)14-33-13-16(5-8-21(33)35)23(37)30-17-6-7-20(29-12-17)34-19(24(25,26)27)10-18(31-34)15-4-3-9-28-11-15/h3-13H,14H2,1-2H3,(H,30,37). The van der Waals surface area contributed by atoms with Crippen molar-refractivity contribution in [1.29, 1.82) is 0 Å². The summed E-state index contributed by atoms with van der Waals surface area (Å²) in [6, 6.07) is 9.20. The van der Waals surface area contributed by atoms with E-state index in [0.29, 0.717) is 10.2 Å². The lowest BCUT2D eigenvalue weighted by Crippen LogP contribution is -2.31. The Balaban J connectivity index is 1.56. The van der Waals surface area contributed by atoms with Crippen molar-refractivity contribution in [3.63, 3.8) is 0 Å². The molecule has 4 heterocycles. The first-order valence-electron chi connectivity index (χ1n) is 10.8. The summed E-state index contributed by atoms with van der Waals surface area (Å²) in [5, 5.41) is 6.62. The topological polar surface area (TPSA) is 115 Å². The summed E-state index contributed by atoms with van der Waals surface area (Å²) in [6.07, 6.45) is 0.639. The van der Waals surface area contributed by atoms with Crippen LogP contribution in [0.3, 0.4) is 0 Å². The number of amides is 2. The van der Waals surface area contributed by atoms with Crippen molar-refractivity contribution >= 4 is 17.5 Å². The second-order valence-electron chi connectivity index (χ2n) is 8.10. The fraction of sp³-hybridized carbons (Fsp3) is 0.167. The fourth-order valence-corrected chi connectivity index (χ4v) is 3.28. The van der Waals surface area contributed by atoms with Crippen LogP contribution in [0.25, 0.3) is 17.1 Å². The number of nitrogens with zero attached hydrogens (tertiary/aromatic N) is 6. The third kappa shape index (κ3) is 5.72. The third-order valence-electron chi connectivity index (χ3n) is 5.23. The van der Waals surface area contributed by atoms with Gasteiger partial charge in [0.15, 0.2) is 11.5 Å². The number of alkyl halides is 3. The van der Waals surface area contributed by atoms with Crippen molar-refractivity contribution in [1.82, 2.24) is 29.2 Å². The average Bonchev–Trinajstić information content (AvgIpc) is 3.32. The summed E-state index contributed by atoms with van der Waals surface area (Å²) >= 11 is 0. The fourth-order valence-electron chi connectivity index (χ4n) is 3.28. The van der Waals surface area contributed by atoms with E-state index in [1.54, 1.807) is 26.2 Å². The van der Waals surface area contributed by atoms with Gasteiger partial charge >= 0.3 is 6.18 Å². The normalized spacial score (nSPS) is 11.3. The van der Waals surface area contributed by atoms with E-state index in [1.807, 2.05) is 0 Å². The Labute approximate surface area is 208 Å². The zero-order valence-corrected chi connectivity index (χ0v) is 19.6. The zero-order valence-electron chi connectivity index (χ0n) is 19.6. The lowest BCUT2D eigenvalue weighted by molar-refractivity contribution is -0.142. The first kappa shape index (κ1) is 25.3. The summed E-state index contributed by atoms with van der Waals surface area (Å²) in [5.41, 5.74) is -0.702. The van der Waals surface area contributed by atoms with Crippen molar-refractivity contribution in [3.05, 3.63) is 88.9 Å². The highest BCUT2D eigenvalue weighted by molar-refractivity contribution is 6.04. The number of hydrogen-bond acceptors (Lipinski definition) is 6. The Morgan fingerprint density at radius 3 is 2.49 bits per heavy atom. The lowest BCUT2D eigenvalue weighted by Gasteiger charge is -2.13. The van der Waals surface area contributed by atoms with E-state index in [4.69, 9.17) is 0 Å². The molecule has 2 amide bonds. The zero-order chi connectivity index (χ0) is 26.7. The predicted octanol–water partition coefficient (Wildman–Crippen LogP) is 2.85. The van der Waals surface area contributed by atoms with Gasteiger partial charge in [0.05, 0.1) is 23.1 Å². The molecule has 0 saturated heterocycles. The van der Waals surface area contributed by atoms with Crippen LogP contribution in [0.1, 0.15) is 16.1 Å². The minimum atomic E-state index is -4.70. The molecule has 4 aromatic heterocycles. The minimum Gasteiger partial charge on any atom is -0.347 e. The molecule has 0 radical (unpaired) electrons. The van der Waals surface area contributed by atoms with Gasteiger partial charge in [-0.3, -0.25) is 19.4 Å². The third-order valence-corrected chi connectivity index (χ3v) is 5.23. The molecule has 1 N–H and O–H groups in total. The van der Waals surface area contributed by atoms with Gasteiger partial charge in [-0.25, -0.2) is 9.67 Å². The van der Waals surface area contributed by atoms with Gasteiger partial charge in [0.2, 0.25) is 5.91 Å². The Hall–Kier alpha value is -4.81. The number of pyridine rings is 3. The molecular formula is C24H20F3N7O3. The SMILES string of the molecule is CN(C)C(=O)Cn1cc(C(=O)Nc2ccc(-n3nc(-c4cccnc4)cc3C(F)(F)F)nc2)ccc1=O. The van der Waals surface area contributed by atoms with Crippen LogP contribution in [-0.2, 0) is 17.5 Å². The van der Waals surface area contributed by atoms with Crippen molar-refractivity contribution in [2.24, 2.45) is 0 Å². The largest absolute Gasteiger partial charge is 0.433 e. The van der Waals surface area contributed by atoms with E-state index in [9.17, 15) is 27.6 Å². The van der Waals surface area contributed by atoms with Crippen molar-refractivity contribution < 1.29 is 22.8 Å². The van der Waals surface area contributed by atoms with Gasteiger partial charge in [-0.15, -0.1) is 0 Å². The summed E-state index contributed by atoms with van der Waals surface area (Å²) in [6.45, 7) is -0.240. The smallest absolute Gasteiger partial charge is 0.347 e. The molecule has 0 unspecified atom stereocenters. The second-order valence-corrected chi connectivity index (χ2v) is 8.10. The number of halogens is 3. The first-order valence-corrected chi connectivity index (χ1v) is 10.8. The predicted molar refractivity (Wildman–Crippen MR) is 127 cm³/mol. The number of hydrogen-bond donors (Lipinski definition) is 1. The van der Waals surface area contributed by atoms with Crippen molar-refractivity contribution in [2.45, 2.75) is 12.7 Å². The maximum atomic E-state index is 13.7. The van der Waals surface area contributed by atoms with Gasteiger partial charge in [0, 0.05) is 44.3 Å². The minimum absolute atomic E-state index is 0.0717.